The van der Waals surface area contributed by atoms with Crippen LogP contribution in [-0.2, 0) is 0 Å². The maximum Gasteiger partial charge on any atom is 0.272 e. The van der Waals surface area contributed by atoms with E-state index in [0.717, 1.165) is 18.5 Å². The lowest BCUT2D eigenvalue weighted by atomic mass is 10.0. The van der Waals surface area contributed by atoms with E-state index in [2.05, 4.69) is 19.2 Å². The van der Waals surface area contributed by atoms with Crippen molar-refractivity contribution in [3.63, 3.8) is 0 Å². The van der Waals surface area contributed by atoms with E-state index in [9.17, 15) is 10.1 Å². The first-order valence-corrected chi connectivity index (χ1v) is 6.40. The summed E-state index contributed by atoms with van der Waals surface area (Å²) >= 11 is 0. The van der Waals surface area contributed by atoms with Crippen molar-refractivity contribution in [2.24, 2.45) is 5.92 Å². The highest BCUT2D eigenvalue weighted by molar-refractivity contribution is 5.43. The first-order valence-electron chi connectivity index (χ1n) is 6.40. The molecule has 1 aromatic carbocycles. The lowest BCUT2D eigenvalue weighted by Gasteiger charge is -2.15. The van der Waals surface area contributed by atoms with Crippen LogP contribution in [0.5, 0.6) is 0 Å². The molecule has 0 amide bonds. The maximum atomic E-state index is 10.9. The number of hydrogen-bond donors (Lipinski definition) is 1. The Balaban J connectivity index is 2.71. The highest BCUT2D eigenvalue weighted by Gasteiger charge is 2.13. The summed E-state index contributed by atoms with van der Waals surface area (Å²) < 4.78 is 0. The van der Waals surface area contributed by atoms with Gasteiger partial charge in [0.25, 0.3) is 5.69 Å². The minimum atomic E-state index is -0.320. The largest absolute Gasteiger partial charge is 0.310 e. The Hall–Kier alpha value is -1.42. The van der Waals surface area contributed by atoms with Crippen LogP contribution in [0.4, 0.5) is 5.69 Å². The Kier molecular flexibility index (Phi) is 5.28. The molecule has 0 bridgehead atoms. The molecule has 1 rings (SSSR count). The van der Waals surface area contributed by atoms with Crippen LogP contribution in [0.2, 0.25) is 0 Å². The fraction of sp³-hybridized carbons (Fsp3) is 0.571. The van der Waals surface area contributed by atoms with Crippen LogP contribution in [0.25, 0.3) is 0 Å². The fourth-order valence-corrected chi connectivity index (χ4v) is 1.80. The van der Waals surface area contributed by atoms with E-state index in [1.54, 1.807) is 13.0 Å². The molecule has 4 heteroatoms. The molecule has 0 saturated heterocycles. The summed E-state index contributed by atoms with van der Waals surface area (Å²) in [6, 6.07) is 5.58. The molecule has 0 radical (unpaired) electrons. The van der Waals surface area contributed by atoms with Gasteiger partial charge in [0.1, 0.15) is 0 Å². The predicted molar refractivity (Wildman–Crippen MR) is 73.7 cm³/mol. The molecule has 0 fully saturated rings. The molecular weight excluding hydrogens is 228 g/mol. The smallest absolute Gasteiger partial charge is 0.272 e. The van der Waals surface area contributed by atoms with E-state index >= 15 is 0 Å². The first-order chi connectivity index (χ1) is 8.41. The maximum absolute atomic E-state index is 10.9. The van der Waals surface area contributed by atoms with E-state index in [4.69, 9.17) is 0 Å². The van der Waals surface area contributed by atoms with Crippen molar-refractivity contribution in [1.29, 1.82) is 0 Å². The Bertz CT molecular complexity index is 416. The first kappa shape index (κ1) is 14.6. The lowest BCUT2D eigenvalue weighted by Crippen LogP contribution is -2.21. The quantitative estimate of drug-likeness (QED) is 0.620. The molecule has 0 saturated carbocycles. The number of nitrogens with one attached hydrogen (secondary N) is 1. The fourth-order valence-electron chi connectivity index (χ4n) is 1.80. The summed E-state index contributed by atoms with van der Waals surface area (Å²) in [4.78, 5) is 10.6. The van der Waals surface area contributed by atoms with Gasteiger partial charge in [-0.3, -0.25) is 10.1 Å². The van der Waals surface area contributed by atoms with Crippen LogP contribution in [0.3, 0.4) is 0 Å². The van der Waals surface area contributed by atoms with E-state index < -0.39 is 0 Å². The Morgan fingerprint density at radius 3 is 2.56 bits per heavy atom. The average molecular weight is 250 g/mol. The molecule has 0 aliphatic rings. The second kappa shape index (κ2) is 6.50. The molecule has 18 heavy (non-hydrogen) atoms. The molecule has 1 unspecified atom stereocenters. The van der Waals surface area contributed by atoms with Crippen molar-refractivity contribution in [2.75, 3.05) is 6.54 Å². The molecule has 1 aromatic rings. The highest BCUT2D eigenvalue weighted by Crippen LogP contribution is 2.23. The van der Waals surface area contributed by atoms with Crippen molar-refractivity contribution in [3.8, 4) is 0 Å². The van der Waals surface area contributed by atoms with Gasteiger partial charge in [-0.1, -0.05) is 26.0 Å². The molecule has 100 valence electrons. The third-order valence-electron chi connectivity index (χ3n) is 3.10. The number of nitro groups is 1. The van der Waals surface area contributed by atoms with Crippen molar-refractivity contribution in [3.05, 3.63) is 39.4 Å². The van der Waals surface area contributed by atoms with Gasteiger partial charge < -0.3 is 5.32 Å². The van der Waals surface area contributed by atoms with Crippen LogP contribution in [0.15, 0.2) is 18.2 Å². The van der Waals surface area contributed by atoms with Crippen LogP contribution in [-0.4, -0.2) is 11.5 Å². The minimum Gasteiger partial charge on any atom is -0.310 e. The molecule has 0 heterocycles. The summed E-state index contributed by atoms with van der Waals surface area (Å²) in [6.07, 6.45) is 1.11. The highest BCUT2D eigenvalue weighted by atomic mass is 16.6. The summed E-state index contributed by atoms with van der Waals surface area (Å²) in [5.41, 5.74) is 1.87. The van der Waals surface area contributed by atoms with Crippen LogP contribution >= 0.6 is 0 Å². The topological polar surface area (TPSA) is 55.2 Å². The van der Waals surface area contributed by atoms with E-state index in [0.29, 0.717) is 11.5 Å². The van der Waals surface area contributed by atoms with Gasteiger partial charge in [0, 0.05) is 17.7 Å². The molecule has 1 N–H and O–H groups in total. The van der Waals surface area contributed by atoms with E-state index in [1.165, 1.54) is 0 Å². The van der Waals surface area contributed by atoms with Gasteiger partial charge >= 0.3 is 0 Å². The van der Waals surface area contributed by atoms with Crippen molar-refractivity contribution >= 4 is 5.69 Å². The number of nitrogens with zero attached hydrogens (tertiary/aromatic N) is 1. The van der Waals surface area contributed by atoms with Gasteiger partial charge in [-0.15, -0.1) is 0 Å². The molecule has 4 nitrogen and oxygen atoms in total. The van der Waals surface area contributed by atoms with Crippen LogP contribution < -0.4 is 5.32 Å². The van der Waals surface area contributed by atoms with Gasteiger partial charge in [0.15, 0.2) is 0 Å². The second-order valence-electron chi connectivity index (χ2n) is 5.16. The Morgan fingerprint density at radius 1 is 1.33 bits per heavy atom. The minimum absolute atomic E-state index is 0.142. The van der Waals surface area contributed by atoms with Gasteiger partial charge in [0.2, 0.25) is 0 Å². The van der Waals surface area contributed by atoms with Crippen molar-refractivity contribution in [2.45, 2.75) is 40.2 Å². The summed E-state index contributed by atoms with van der Waals surface area (Å²) in [6.45, 7) is 9.10. The number of rotatable bonds is 6. The zero-order valence-electron chi connectivity index (χ0n) is 11.6. The van der Waals surface area contributed by atoms with Gasteiger partial charge in [-0.25, -0.2) is 0 Å². The third kappa shape index (κ3) is 4.11. The number of benzene rings is 1. The summed E-state index contributed by atoms with van der Waals surface area (Å²) in [7, 11) is 0. The molecule has 0 aliphatic heterocycles. The second-order valence-corrected chi connectivity index (χ2v) is 5.16. The summed E-state index contributed by atoms with van der Waals surface area (Å²) in [5.74, 6) is 0.664. The normalized spacial score (nSPS) is 12.7. The van der Waals surface area contributed by atoms with E-state index in [1.807, 2.05) is 19.1 Å². The predicted octanol–water partition coefficient (Wildman–Crippen LogP) is 3.60. The number of aryl methyl sites for hydroxylation is 1. The number of hydrogen-bond acceptors (Lipinski definition) is 3. The van der Waals surface area contributed by atoms with Gasteiger partial charge in [-0.05, 0) is 38.3 Å². The molecule has 0 aromatic heterocycles. The number of nitro benzene ring substituents is 1. The van der Waals surface area contributed by atoms with Gasteiger partial charge in [0.05, 0.1) is 4.92 Å². The van der Waals surface area contributed by atoms with Gasteiger partial charge in [-0.2, -0.15) is 0 Å². The SMILES string of the molecule is Cc1ccc(C(C)NCCC(C)C)cc1[N+](=O)[O-]. The van der Waals surface area contributed by atoms with E-state index in [-0.39, 0.29) is 16.7 Å². The molecule has 0 aliphatic carbocycles. The summed E-state index contributed by atoms with van der Waals surface area (Å²) in [5, 5.41) is 14.3. The lowest BCUT2D eigenvalue weighted by molar-refractivity contribution is -0.385. The average Bonchev–Trinajstić information content (AvgIpc) is 2.28. The van der Waals surface area contributed by atoms with Crippen molar-refractivity contribution < 1.29 is 4.92 Å². The Labute approximate surface area is 109 Å². The molecular formula is C14H22N2O2. The van der Waals surface area contributed by atoms with Crippen LogP contribution in [0, 0.1) is 23.0 Å². The molecule has 1 atom stereocenters. The standard InChI is InChI=1S/C14H22N2O2/c1-10(2)7-8-15-12(4)13-6-5-11(3)14(9-13)16(17)18/h5-6,9-10,12,15H,7-8H2,1-4H3. The zero-order chi connectivity index (χ0) is 13.7. The zero-order valence-corrected chi connectivity index (χ0v) is 11.6. The third-order valence-corrected chi connectivity index (χ3v) is 3.10. The van der Waals surface area contributed by atoms with Crippen LogP contribution in [0.1, 0.15) is 44.4 Å². The molecule has 0 spiro atoms. The Morgan fingerprint density at radius 2 is 2.00 bits per heavy atom. The van der Waals surface area contributed by atoms with Crippen molar-refractivity contribution in [1.82, 2.24) is 5.32 Å². The monoisotopic (exact) mass is 250 g/mol.